The summed E-state index contributed by atoms with van der Waals surface area (Å²) in [4.78, 5) is 25.5. The molecule has 0 bridgehead atoms. The lowest BCUT2D eigenvalue weighted by Gasteiger charge is -2.14. The van der Waals surface area contributed by atoms with E-state index in [0.29, 0.717) is 15.6 Å². The number of hydrazine groups is 1. The van der Waals surface area contributed by atoms with E-state index in [4.69, 9.17) is 23.2 Å². The summed E-state index contributed by atoms with van der Waals surface area (Å²) in [6.45, 7) is 0. The zero-order chi connectivity index (χ0) is 22.0. The highest BCUT2D eigenvalue weighted by molar-refractivity contribution is 6.36. The summed E-state index contributed by atoms with van der Waals surface area (Å²) in [6, 6.07) is 18.1. The maximum Gasteiger partial charge on any atom is 0.304 e. The molecule has 5 nitrogen and oxygen atoms in total. The van der Waals surface area contributed by atoms with Crippen LogP contribution in [0.4, 0.5) is 4.39 Å². The molecule has 0 aromatic heterocycles. The lowest BCUT2D eigenvalue weighted by molar-refractivity contribution is -0.596. The van der Waals surface area contributed by atoms with Gasteiger partial charge >= 0.3 is 5.91 Å². The van der Waals surface area contributed by atoms with Gasteiger partial charge in [0.15, 0.2) is 6.04 Å². The molecule has 0 aliphatic carbocycles. The van der Waals surface area contributed by atoms with Crippen molar-refractivity contribution in [3.05, 3.63) is 105 Å². The van der Waals surface area contributed by atoms with E-state index >= 15 is 0 Å². The number of carbonyl (C=O) groups is 2. The Morgan fingerprint density at radius 3 is 2.42 bits per heavy atom. The van der Waals surface area contributed by atoms with E-state index in [-0.39, 0.29) is 11.5 Å². The molecule has 1 heterocycles. The molecule has 2 atom stereocenters. The largest absolute Gasteiger partial charge is 0.334 e. The smallest absolute Gasteiger partial charge is 0.304 e. The Morgan fingerprint density at radius 2 is 1.74 bits per heavy atom. The summed E-state index contributed by atoms with van der Waals surface area (Å²) in [5, 5.41) is 3.68. The number of nitrogens with zero attached hydrogens (tertiary/aromatic N) is 1. The second kappa shape index (κ2) is 8.88. The molecule has 2 amide bonds. The van der Waals surface area contributed by atoms with Gasteiger partial charge in [-0.3, -0.25) is 9.59 Å². The van der Waals surface area contributed by atoms with Crippen LogP contribution in [-0.2, 0) is 4.79 Å². The second-order valence-electron chi connectivity index (χ2n) is 6.99. The third-order valence-corrected chi connectivity index (χ3v) is 5.47. The maximum absolute atomic E-state index is 13.2. The molecular weight excluding hydrogens is 440 g/mol. The van der Waals surface area contributed by atoms with Crippen molar-refractivity contribution in [2.75, 3.05) is 0 Å². The molecule has 3 aromatic carbocycles. The fraction of sp³-hybridized carbons (Fsp3) is 0.0870. The van der Waals surface area contributed by atoms with Gasteiger partial charge < -0.3 is 5.32 Å². The van der Waals surface area contributed by atoms with E-state index in [0.717, 1.165) is 5.56 Å². The average Bonchev–Trinajstić information content (AvgIpc) is 3.06. The minimum atomic E-state index is -0.887. The molecule has 156 valence electrons. The Labute approximate surface area is 188 Å². The van der Waals surface area contributed by atoms with Gasteiger partial charge in [-0.2, -0.15) is 0 Å². The summed E-state index contributed by atoms with van der Waals surface area (Å²) < 4.78 is 14.8. The summed E-state index contributed by atoms with van der Waals surface area (Å²) in [6.07, 6.45) is 1.69. The van der Waals surface area contributed by atoms with Crippen LogP contribution in [-0.4, -0.2) is 28.8 Å². The molecular formula is C23H17Cl2FN3O2+. The van der Waals surface area contributed by atoms with E-state index in [2.05, 4.69) is 10.7 Å². The van der Waals surface area contributed by atoms with Gasteiger partial charge in [0, 0.05) is 16.1 Å². The number of rotatable bonds is 4. The SMILES string of the molecule is O=C(N[C@@H]1C(=O)N/[N+](=C\c2ccc(Cl)cc2Cl)[C@H]1c1ccccc1)c1ccc(F)cc1. The number of hydrazone groups is 1. The summed E-state index contributed by atoms with van der Waals surface area (Å²) in [5.74, 6) is -1.31. The first-order chi connectivity index (χ1) is 14.9. The monoisotopic (exact) mass is 456 g/mol. The van der Waals surface area contributed by atoms with Crippen LogP contribution >= 0.6 is 23.2 Å². The molecule has 2 N–H and O–H groups in total. The minimum absolute atomic E-state index is 0.254. The van der Waals surface area contributed by atoms with Gasteiger partial charge in [-0.25, -0.2) is 4.39 Å². The Kier molecular flexibility index (Phi) is 6.02. The molecule has 4 rings (SSSR count). The molecule has 0 unspecified atom stereocenters. The molecule has 1 aliphatic heterocycles. The quantitative estimate of drug-likeness (QED) is 0.579. The van der Waals surface area contributed by atoms with Crippen molar-refractivity contribution in [3.8, 4) is 0 Å². The molecule has 1 fully saturated rings. The van der Waals surface area contributed by atoms with Gasteiger partial charge in [0.2, 0.25) is 12.3 Å². The zero-order valence-electron chi connectivity index (χ0n) is 16.1. The lowest BCUT2D eigenvalue weighted by atomic mass is 10.00. The van der Waals surface area contributed by atoms with Crippen LogP contribution in [0.3, 0.4) is 0 Å². The van der Waals surface area contributed by atoms with Gasteiger partial charge in [0.1, 0.15) is 5.82 Å². The van der Waals surface area contributed by atoms with Gasteiger partial charge in [-0.15, -0.1) is 10.1 Å². The fourth-order valence-corrected chi connectivity index (χ4v) is 3.87. The Morgan fingerprint density at radius 1 is 1.03 bits per heavy atom. The number of hydrogen-bond donors (Lipinski definition) is 2. The van der Waals surface area contributed by atoms with E-state index in [1.165, 1.54) is 24.3 Å². The number of carbonyl (C=O) groups excluding carboxylic acids is 2. The molecule has 8 heteroatoms. The Bertz CT molecular complexity index is 1170. The number of amides is 2. The van der Waals surface area contributed by atoms with Crippen molar-refractivity contribution in [1.29, 1.82) is 0 Å². The molecule has 0 saturated carbocycles. The van der Waals surface area contributed by atoms with Crippen molar-refractivity contribution in [2.24, 2.45) is 0 Å². The van der Waals surface area contributed by atoms with Crippen LogP contribution < -0.4 is 10.7 Å². The van der Waals surface area contributed by atoms with Crippen LogP contribution in [0.2, 0.25) is 10.0 Å². The predicted molar refractivity (Wildman–Crippen MR) is 117 cm³/mol. The Balaban J connectivity index is 1.70. The molecule has 3 aromatic rings. The molecule has 0 spiro atoms. The van der Waals surface area contributed by atoms with Crippen LogP contribution in [0.1, 0.15) is 27.5 Å². The van der Waals surface area contributed by atoms with Gasteiger partial charge in [-0.1, -0.05) is 53.5 Å². The zero-order valence-corrected chi connectivity index (χ0v) is 17.6. The van der Waals surface area contributed by atoms with E-state index < -0.39 is 23.8 Å². The number of benzene rings is 3. The summed E-state index contributed by atoms with van der Waals surface area (Å²) >= 11 is 12.3. The van der Waals surface area contributed by atoms with Crippen molar-refractivity contribution >= 4 is 41.2 Å². The minimum Gasteiger partial charge on any atom is -0.334 e. The predicted octanol–water partition coefficient (Wildman–Crippen LogP) is 4.15. The van der Waals surface area contributed by atoms with Crippen molar-refractivity contribution < 1.29 is 18.7 Å². The summed E-state index contributed by atoms with van der Waals surface area (Å²) in [5.41, 5.74) is 4.50. The lowest BCUT2D eigenvalue weighted by Crippen LogP contribution is -2.42. The highest BCUT2D eigenvalue weighted by atomic mass is 35.5. The molecule has 0 radical (unpaired) electrons. The summed E-state index contributed by atoms with van der Waals surface area (Å²) in [7, 11) is 0. The van der Waals surface area contributed by atoms with Crippen molar-refractivity contribution in [1.82, 2.24) is 10.7 Å². The van der Waals surface area contributed by atoms with E-state index in [1.807, 2.05) is 30.3 Å². The van der Waals surface area contributed by atoms with Gasteiger partial charge in [0.05, 0.1) is 10.6 Å². The third kappa shape index (κ3) is 4.60. The average molecular weight is 457 g/mol. The van der Waals surface area contributed by atoms with Crippen LogP contribution in [0, 0.1) is 5.82 Å². The first kappa shape index (κ1) is 21.0. The topological polar surface area (TPSA) is 61.2 Å². The molecule has 1 aliphatic rings. The normalized spacial score (nSPS) is 19.3. The maximum atomic E-state index is 13.2. The standard InChI is InChI=1S/C23H16Cl2FN3O2/c24-17-9-6-16(19(25)12-17)13-29-21(14-4-2-1-3-5-14)20(23(31)28-29)27-22(30)15-7-10-18(26)11-8-15/h1-13,20-21H,(H-,27,28,30,31)/p+1/b29-13-/t20-,21-/m0/s1. The van der Waals surface area contributed by atoms with Crippen molar-refractivity contribution in [3.63, 3.8) is 0 Å². The van der Waals surface area contributed by atoms with E-state index in [1.54, 1.807) is 29.1 Å². The number of hydrogen-bond acceptors (Lipinski definition) is 2. The van der Waals surface area contributed by atoms with Crippen molar-refractivity contribution in [2.45, 2.75) is 12.1 Å². The van der Waals surface area contributed by atoms with Gasteiger partial charge in [-0.05, 0) is 42.5 Å². The highest BCUT2D eigenvalue weighted by Crippen LogP contribution is 2.26. The third-order valence-electron chi connectivity index (χ3n) is 4.91. The van der Waals surface area contributed by atoms with Gasteiger partial charge in [0.25, 0.3) is 5.91 Å². The Hall–Kier alpha value is -3.22. The first-order valence-corrected chi connectivity index (χ1v) is 10.2. The number of halogens is 3. The first-order valence-electron chi connectivity index (χ1n) is 9.42. The highest BCUT2D eigenvalue weighted by Gasteiger charge is 2.47. The van der Waals surface area contributed by atoms with Crippen LogP contribution in [0.5, 0.6) is 0 Å². The second-order valence-corrected chi connectivity index (χ2v) is 7.84. The van der Waals surface area contributed by atoms with Crippen LogP contribution in [0.15, 0.2) is 72.8 Å². The fourth-order valence-electron chi connectivity index (χ4n) is 3.41. The molecule has 1 saturated heterocycles. The number of nitrogens with one attached hydrogen (secondary N) is 2. The van der Waals surface area contributed by atoms with E-state index in [9.17, 15) is 14.0 Å². The molecule has 31 heavy (non-hydrogen) atoms. The van der Waals surface area contributed by atoms with Crippen LogP contribution in [0.25, 0.3) is 0 Å².